The summed E-state index contributed by atoms with van der Waals surface area (Å²) < 4.78 is 49.2. The molecule has 4 rings (SSSR count). The lowest BCUT2D eigenvalue weighted by molar-refractivity contribution is -0.192. The molecule has 2 aromatic heterocycles. The minimum Gasteiger partial charge on any atom is -0.475 e. The van der Waals surface area contributed by atoms with Crippen molar-refractivity contribution in [3.05, 3.63) is 53.7 Å². The van der Waals surface area contributed by atoms with Gasteiger partial charge in [-0.3, -0.25) is 9.78 Å². The number of furan rings is 1. The number of aromatic nitrogens is 1. The zero-order chi connectivity index (χ0) is 23.3. The predicted octanol–water partition coefficient (Wildman–Crippen LogP) is 3.21. The standard InChI is InChI=1S/C19H22N2O4.C2HF3O2/c1-13-6-9-24-17(13)19(22)21-11-16(18-15(21)5-3-8-23-18)25-12-14-4-2-7-20-10-14;3-2(4,5)1(6)7/h2,4,6-7,9-10,15-16,18H,3,5,8,11-12H2,1H3;(H,6,7)/t15-,16+,18+;/m1./s1. The summed E-state index contributed by atoms with van der Waals surface area (Å²) in [6, 6.07) is 5.73. The Hall–Kier alpha value is -2.92. The van der Waals surface area contributed by atoms with Gasteiger partial charge in [-0.05, 0) is 37.5 Å². The molecule has 32 heavy (non-hydrogen) atoms. The number of rotatable bonds is 4. The molecule has 0 radical (unpaired) electrons. The van der Waals surface area contributed by atoms with Crippen molar-refractivity contribution in [2.24, 2.45) is 0 Å². The number of carboxylic acid groups (broad SMARTS) is 1. The van der Waals surface area contributed by atoms with Gasteiger partial charge in [-0.1, -0.05) is 6.07 Å². The van der Waals surface area contributed by atoms with Crippen molar-refractivity contribution in [2.45, 2.75) is 50.8 Å². The van der Waals surface area contributed by atoms with E-state index in [9.17, 15) is 18.0 Å². The topological polar surface area (TPSA) is 102 Å². The molecule has 3 atom stereocenters. The Balaban J connectivity index is 0.000000360. The number of alkyl halides is 3. The SMILES string of the molecule is Cc1ccoc1C(=O)N1C[C@H](OCc2cccnc2)[C@H]2OCCC[C@H]21.O=C(O)C(F)(F)F. The van der Waals surface area contributed by atoms with Gasteiger partial charge in [0.25, 0.3) is 5.91 Å². The van der Waals surface area contributed by atoms with Gasteiger partial charge in [-0.2, -0.15) is 13.2 Å². The van der Waals surface area contributed by atoms with Crippen LogP contribution in [0.4, 0.5) is 13.2 Å². The van der Waals surface area contributed by atoms with E-state index in [1.54, 1.807) is 18.7 Å². The normalized spacial score (nSPS) is 22.6. The zero-order valence-electron chi connectivity index (χ0n) is 17.2. The van der Waals surface area contributed by atoms with Gasteiger partial charge in [0.15, 0.2) is 5.76 Å². The summed E-state index contributed by atoms with van der Waals surface area (Å²) in [7, 11) is 0. The van der Waals surface area contributed by atoms with Crippen LogP contribution in [0.1, 0.15) is 34.5 Å². The van der Waals surface area contributed by atoms with Crippen molar-refractivity contribution in [3.63, 3.8) is 0 Å². The lowest BCUT2D eigenvalue weighted by atomic mass is 10.0. The maximum atomic E-state index is 12.9. The first-order valence-electron chi connectivity index (χ1n) is 9.95. The molecule has 174 valence electrons. The summed E-state index contributed by atoms with van der Waals surface area (Å²) in [6.45, 7) is 3.59. The molecule has 0 saturated carbocycles. The third-order valence-electron chi connectivity index (χ3n) is 5.22. The lowest BCUT2D eigenvalue weighted by Crippen LogP contribution is -2.43. The summed E-state index contributed by atoms with van der Waals surface area (Å²) >= 11 is 0. The molecule has 2 aromatic rings. The average Bonchev–Trinajstić information content (AvgIpc) is 3.36. The first-order chi connectivity index (χ1) is 15.2. The number of aryl methyl sites for hydroxylation is 1. The van der Waals surface area contributed by atoms with Crippen LogP contribution < -0.4 is 0 Å². The Labute approximate surface area is 181 Å². The molecule has 4 heterocycles. The number of carbonyl (C=O) groups excluding carboxylic acids is 1. The molecule has 11 heteroatoms. The summed E-state index contributed by atoms with van der Waals surface area (Å²) in [5.41, 5.74) is 1.87. The molecule has 0 aliphatic carbocycles. The highest BCUT2D eigenvalue weighted by Gasteiger charge is 2.47. The first kappa shape index (κ1) is 23.7. The Morgan fingerprint density at radius 2 is 2.09 bits per heavy atom. The average molecular weight is 456 g/mol. The van der Waals surface area contributed by atoms with Crippen LogP contribution in [0.15, 0.2) is 41.3 Å². The molecule has 8 nitrogen and oxygen atoms in total. The second kappa shape index (κ2) is 10.1. The van der Waals surface area contributed by atoms with Crippen molar-refractivity contribution in [2.75, 3.05) is 13.2 Å². The molecular weight excluding hydrogens is 433 g/mol. The molecule has 2 fully saturated rings. The number of aliphatic carboxylic acids is 1. The number of carboxylic acids is 1. The Bertz CT molecular complexity index is 918. The number of carbonyl (C=O) groups is 2. The number of pyridine rings is 1. The molecule has 0 spiro atoms. The monoisotopic (exact) mass is 456 g/mol. The van der Waals surface area contributed by atoms with E-state index in [-0.39, 0.29) is 24.2 Å². The van der Waals surface area contributed by atoms with E-state index in [2.05, 4.69) is 4.98 Å². The van der Waals surface area contributed by atoms with Crippen molar-refractivity contribution < 1.29 is 41.8 Å². The van der Waals surface area contributed by atoms with Crippen molar-refractivity contribution in [1.29, 1.82) is 0 Å². The van der Waals surface area contributed by atoms with Gasteiger partial charge in [0, 0.05) is 24.6 Å². The zero-order valence-corrected chi connectivity index (χ0v) is 17.2. The van der Waals surface area contributed by atoms with Crippen LogP contribution in [0.2, 0.25) is 0 Å². The maximum absolute atomic E-state index is 12.9. The quantitative estimate of drug-likeness (QED) is 0.754. The Morgan fingerprint density at radius 3 is 2.69 bits per heavy atom. The molecule has 0 aromatic carbocycles. The van der Waals surface area contributed by atoms with Crippen LogP contribution in [0, 0.1) is 6.92 Å². The van der Waals surface area contributed by atoms with E-state index in [1.165, 1.54) is 0 Å². The van der Waals surface area contributed by atoms with E-state index >= 15 is 0 Å². The highest BCUT2D eigenvalue weighted by Crippen LogP contribution is 2.32. The number of amides is 1. The van der Waals surface area contributed by atoms with Crippen LogP contribution in [-0.2, 0) is 20.9 Å². The van der Waals surface area contributed by atoms with Crippen molar-refractivity contribution in [3.8, 4) is 0 Å². The minimum atomic E-state index is -5.08. The highest BCUT2D eigenvalue weighted by atomic mass is 19.4. The molecule has 1 amide bonds. The number of fused-ring (bicyclic) bond motifs is 1. The van der Waals surface area contributed by atoms with Gasteiger partial charge in [0.1, 0.15) is 12.2 Å². The third kappa shape index (κ3) is 5.65. The largest absolute Gasteiger partial charge is 0.490 e. The van der Waals surface area contributed by atoms with Gasteiger partial charge < -0.3 is 23.9 Å². The van der Waals surface area contributed by atoms with Crippen molar-refractivity contribution >= 4 is 11.9 Å². The number of hydrogen-bond donors (Lipinski definition) is 1. The number of halogens is 3. The van der Waals surface area contributed by atoms with Gasteiger partial charge in [0.2, 0.25) is 0 Å². The summed E-state index contributed by atoms with van der Waals surface area (Å²) in [4.78, 5) is 27.8. The van der Waals surface area contributed by atoms with E-state index in [1.807, 2.05) is 30.0 Å². The van der Waals surface area contributed by atoms with Gasteiger partial charge in [0.05, 0.1) is 25.5 Å². The Kier molecular flexibility index (Phi) is 7.52. The first-order valence-corrected chi connectivity index (χ1v) is 9.95. The third-order valence-corrected chi connectivity index (χ3v) is 5.22. The summed E-state index contributed by atoms with van der Waals surface area (Å²) in [6.07, 6.45) is 1.69. The second-order valence-electron chi connectivity index (χ2n) is 7.45. The Morgan fingerprint density at radius 1 is 1.34 bits per heavy atom. The van der Waals surface area contributed by atoms with E-state index < -0.39 is 12.1 Å². The fraction of sp³-hybridized carbons (Fsp3) is 0.476. The molecule has 1 N–H and O–H groups in total. The minimum absolute atomic E-state index is 0.0460. The highest BCUT2D eigenvalue weighted by molar-refractivity contribution is 5.93. The fourth-order valence-electron chi connectivity index (χ4n) is 3.70. The van der Waals surface area contributed by atoms with Crippen LogP contribution >= 0.6 is 0 Å². The van der Waals surface area contributed by atoms with Crippen LogP contribution in [-0.4, -0.2) is 64.4 Å². The van der Waals surface area contributed by atoms with Crippen LogP contribution in [0.3, 0.4) is 0 Å². The molecular formula is C21H23F3N2O6. The number of hydrogen-bond acceptors (Lipinski definition) is 6. The van der Waals surface area contributed by atoms with E-state index in [4.69, 9.17) is 23.8 Å². The van der Waals surface area contributed by atoms with E-state index in [0.717, 1.165) is 30.6 Å². The molecule has 2 aliphatic heterocycles. The fourth-order valence-corrected chi connectivity index (χ4v) is 3.70. The number of likely N-dealkylation sites (tertiary alicyclic amines) is 1. The van der Waals surface area contributed by atoms with Gasteiger partial charge in [-0.15, -0.1) is 0 Å². The predicted molar refractivity (Wildman–Crippen MR) is 104 cm³/mol. The smallest absolute Gasteiger partial charge is 0.475 e. The number of ether oxygens (including phenoxy) is 2. The summed E-state index contributed by atoms with van der Waals surface area (Å²) in [5.74, 6) is -2.42. The van der Waals surface area contributed by atoms with Crippen LogP contribution in [0.25, 0.3) is 0 Å². The lowest BCUT2D eigenvalue weighted by Gasteiger charge is -2.31. The van der Waals surface area contributed by atoms with Crippen molar-refractivity contribution in [1.82, 2.24) is 9.88 Å². The number of nitrogens with zero attached hydrogens (tertiary/aromatic N) is 2. The van der Waals surface area contributed by atoms with Crippen LogP contribution in [0.5, 0.6) is 0 Å². The van der Waals surface area contributed by atoms with Gasteiger partial charge >= 0.3 is 12.1 Å². The summed E-state index contributed by atoms with van der Waals surface area (Å²) in [5, 5.41) is 7.12. The maximum Gasteiger partial charge on any atom is 0.490 e. The molecule has 2 saturated heterocycles. The molecule has 0 unspecified atom stereocenters. The van der Waals surface area contributed by atoms with Gasteiger partial charge in [-0.25, -0.2) is 4.79 Å². The molecule has 0 bridgehead atoms. The van der Waals surface area contributed by atoms with E-state index in [0.29, 0.717) is 18.9 Å². The molecule has 2 aliphatic rings. The second-order valence-corrected chi connectivity index (χ2v) is 7.45.